The van der Waals surface area contributed by atoms with Gasteiger partial charge in [-0.25, -0.2) is 0 Å². The van der Waals surface area contributed by atoms with Gasteiger partial charge in [-0.2, -0.15) is 0 Å². The number of aliphatic hydroxyl groups excluding tert-OH is 1. The molecule has 0 radical (unpaired) electrons. The minimum atomic E-state index is -0.278. The molecule has 1 aromatic heterocycles. The minimum absolute atomic E-state index is 0.00583. The first kappa shape index (κ1) is 15.0. The number of carbonyl (C=O) groups excluding carboxylic acids is 2. The Kier molecular flexibility index (Phi) is 5.14. The van der Waals surface area contributed by atoms with Gasteiger partial charge in [0.1, 0.15) is 0 Å². The van der Waals surface area contributed by atoms with Crippen molar-refractivity contribution in [2.24, 2.45) is 0 Å². The SMILES string of the molecule is CC(=O)NC(CC(=O)N1CCCC1CO)c1cccs1. The highest BCUT2D eigenvalue weighted by atomic mass is 32.1. The molecule has 0 bridgehead atoms. The van der Waals surface area contributed by atoms with E-state index in [4.69, 9.17) is 0 Å². The average molecular weight is 296 g/mol. The van der Waals surface area contributed by atoms with Crippen LogP contribution in [0.2, 0.25) is 0 Å². The molecule has 5 nitrogen and oxygen atoms in total. The van der Waals surface area contributed by atoms with E-state index in [1.54, 1.807) is 4.90 Å². The van der Waals surface area contributed by atoms with Crippen LogP contribution in [0.1, 0.15) is 37.1 Å². The van der Waals surface area contributed by atoms with Crippen molar-refractivity contribution in [3.63, 3.8) is 0 Å². The number of carbonyl (C=O) groups is 2. The van der Waals surface area contributed by atoms with Crippen LogP contribution in [0.25, 0.3) is 0 Å². The van der Waals surface area contributed by atoms with Crippen molar-refractivity contribution in [3.8, 4) is 0 Å². The summed E-state index contributed by atoms with van der Waals surface area (Å²) < 4.78 is 0. The Morgan fingerprint density at radius 3 is 3.00 bits per heavy atom. The highest BCUT2D eigenvalue weighted by molar-refractivity contribution is 7.10. The summed E-state index contributed by atoms with van der Waals surface area (Å²) >= 11 is 1.53. The highest BCUT2D eigenvalue weighted by Crippen LogP contribution is 2.25. The number of nitrogens with one attached hydrogen (secondary N) is 1. The predicted octanol–water partition coefficient (Wildman–Crippen LogP) is 1.30. The topological polar surface area (TPSA) is 69.6 Å². The van der Waals surface area contributed by atoms with Gasteiger partial charge >= 0.3 is 0 Å². The number of nitrogens with zero attached hydrogens (tertiary/aromatic N) is 1. The van der Waals surface area contributed by atoms with Gasteiger partial charge in [0.15, 0.2) is 0 Å². The van der Waals surface area contributed by atoms with Gasteiger partial charge in [0.05, 0.1) is 25.1 Å². The summed E-state index contributed by atoms with van der Waals surface area (Å²) in [7, 11) is 0. The molecule has 2 unspecified atom stereocenters. The van der Waals surface area contributed by atoms with Crippen LogP contribution in [0.4, 0.5) is 0 Å². The van der Waals surface area contributed by atoms with Crippen molar-refractivity contribution in [1.82, 2.24) is 10.2 Å². The molecule has 20 heavy (non-hydrogen) atoms. The lowest BCUT2D eigenvalue weighted by atomic mass is 10.1. The lowest BCUT2D eigenvalue weighted by Crippen LogP contribution is -2.40. The number of rotatable bonds is 5. The number of likely N-dealkylation sites (tertiary alicyclic amines) is 1. The molecule has 0 saturated carbocycles. The third kappa shape index (κ3) is 3.58. The lowest BCUT2D eigenvalue weighted by Gasteiger charge is -2.25. The first-order chi connectivity index (χ1) is 9.61. The Bertz CT molecular complexity index is 461. The largest absolute Gasteiger partial charge is 0.394 e. The minimum Gasteiger partial charge on any atom is -0.394 e. The molecule has 2 heterocycles. The van der Waals surface area contributed by atoms with Gasteiger partial charge < -0.3 is 15.3 Å². The Labute approximate surface area is 122 Å². The van der Waals surface area contributed by atoms with Gasteiger partial charge in [0.25, 0.3) is 0 Å². The maximum absolute atomic E-state index is 12.4. The fourth-order valence-corrected chi connectivity index (χ4v) is 3.38. The van der Waals surface area contributed by atoms with E-state index >= 15 is 0 Å². The molecule has 1 aliphatic heterocycles. The summed E-state index contributed by atoms with van der Waals surface area (Å²) in [6.45, 7) is 2.16. The van der Waals surface area contributed by atoms with Crippen LogP contribution in [0, 0.1) is 0 Å². The standard InChI is InChI=1S/C14H20N2O3S/c1-10(18)15-12(13-5-3-7-20-13)8-14(19)16-6-2-4-11(16)9-17/h3,5,7,11-12,17H,2,4,6,8-9H2,1H3,(H,15,18). The van der Waals surface area contributed by atoms with Crippen LogP contribution in [0.3, 0.4) is 0 Å². The molecule has 0 aromatic carbocycles. The van der Waals surface area contributed by atoms with Crippen molar-refractivity contribution in [3.05, 3.63) is 22.4 Å². The van der Waals surface area contributed by atoms with Crippen LogP contribution in [0.5, 0.6) is 0 Å². The summed E-state index contributed by atoms with van der Waals surface area (Å²) in [6.07, 6.45) is 2.03. The summed E-state index contributed by atoms with van der Waals surface area (Å²) in [5.41, 5.74) is 0. The summed E-state index contributed by atoms with van der Waals surface area (Å²) in [6, 6.07) is 3.49. The number of thiophene rings is 1. The third-order valence-corrected chi connectivity index (χ3v) is 4.54. The molecule has 1 saturated heterocycles. The molecule has 0 aliphatic carbocycles. The Morgan fingerprint density at radius 1 is 1.60 bits per heavy atom. The number of amides is 2. The fourth-order valence-electron chi connectivity index (χ4n) is 2.60. The van der Waals surface area contributed by atoms with E-state index in [0.29, 0.717) is 6.54 Å². The second-order valence-electron chi connectivity index (χ2n) is 5.04. The average Bonchev–Trinajstić information content (AvgIpc) is 3.08. The summed E-state index contributed by atoms with van der Waals surface area (Å²) in [4.78, 5) is 26.4. The van der Waals surface area contributed by atoms with E-state index in [2.05, 4.69) is 5.32 Å². The van der Waals surface area contributed by atoms with Crippen molar-refractivity contribution in [2.45, 2.75) is 38.3 Å². The number of hydrogen-bond acceptors (Lipinski definition) is 4. The monoisotopic (exact) mass is 296 g/mol. The number of aliphatic hydroxyl groups is 1. The lowest BCUT2D eigenvalue weighted by molar-refractivity contribution is -0.133. The molecule has 1 aromatic rings. The fraction of sp³-hybridized carbons (Fsp3) is 0.571. The molecule has 1 aliphatic rings. The van der Waals surface area contributed by atoms with E-state index in [0.717, 1.165) is 17.7 Å². The molecule has 2 rings (SSSR count). The van der Waals surface area contributed by atoms with Gasteiger partial charge in [0.2, 0.25) is 11.8 Å². The maximum Gasteiger partial charge on any atom is 0.225 e. The molecular formula is C14H20N2O3S. The summed E-state index contributed by atoms with van der Waals surface area (Å²) in [5.74, 6) is -0.148. The second-order valence-corrected chi connectivity index (χ2v) is 6.02. The second kappa shape index (κ2) is 6.85. The smallest absolute Gasteiger partial charge is 0.225 e. The zero-order valence-corrected chi connectivity index (χ0v) is 12.4. The first-order valence-electron chi connectivity index (χ1n) is 6.82. The predicted molar refractivity (Wildman–Crippen MR) is 77.3 cm³/mol. The molecule has 110 valence electrons. The number of hydrogen-bond donors (Lipinski definition) is 2. The van der Waals surface area contributed by atoms with E-state index in [1.807, 2.05) is 17.5 Å². The summed E-state index contributed by atoms with van der Waals surface area (Å²) in [5, 5.41) is 14.0. The van der Waals surface area contributed by atoms with Crippen molar-refractivity contribution >= 4 is 23.2 Å². The van der Waals surface area contributed by atoms with Gasteiger partial charge in [-0.05, 0) is 24.3 Å². The zero-order chi connectivity index (χ0) is 14.5. The van der Waals surface area contributed by atoms with Gasteiger partial charge in [0, 0.05) is 18.3 Å². The molecule has 2 atom stereocenters. The Hall–Kier alpha value is -1.40. The zero-order valence-electron chi connectivity index (χ0n) is 11.5. The normalized spacial score (nSPS) is 19.9. The maximum atomic E-state index is 12.4. The van der Waals surface area contributed by atoms with Crippen LogP contribution in [-0.2, 0) is 9.59 Å². The van der Waals surface area contributed by atoms with E-state index in [9.17, 15) is 14.7 Å². The van der Waals surface area contributed by atoms with Gasteiger partial charge in [-0.15, -0.1) is 11.3 Å². The van der Waals surface area contributed by atoms with Gasteiger partial charge in [-0.1, -0.05) is 6.07 Å². The molecular weight excluding hydrogens is 276 g/mol. The molecule has 2 amide bonds. The van der Waals surface area contributed by atoms with Crippen LogP contribution in [0.15, 0.2) is 17.5 Å². The molecule has 0 spiro atoms. The Balaban J connectivity index is 2.04. The Morgan fingerprint density at radius 2 is 2.40 bits per heavy atom. The van der Waals surface area contributed by atoms with E-state index in [1.165, 1.54) is 18.3 Å². The van der Waals surface area contributed by atoms with E-state index < -0.39 is 0 Å². The first-order valence-corrected chi connectivity index (χ1v) is 7.70. The van der Waals surface area contributed by atoms with Crippen molar-refractivity contribution in [2.75, 3.05) is 13.2 Å². The van der Waals surface area contributed by atoms with E-state index in [-0.39, 0.29) is 36.9 Å². The van der Waals surface area contributed by atoms with Crippen molar-refractivity contribution in [1.29, 1.82) is 0 Å². The molecule has 1 fully saturated rings. The van der Waals surface area contributed by atoms with Crippen LogP contribution < -0.4 is 5.32 Å². The van der Waals surface area contributed by atoms with Crippen LogP contribution >= 0.6 is 11.3 Å². The van der Waals surface area contributed by atoms with Crippen LogP contribution in [-0.4, -0.2) is 41.0 Å². The highest BCUT2D eigenvalue weighted by Gasteiger charge is 2.30. The van der Waals surface area contributed by atoms with Crippen molar-refractivity contribution < 1.29 is 14.7 Å². The van der Waals surface area contributed by atoms with Gasteiger partial charge in [-0.3, -0.25) is 9.59 Å². The molecule has 6 heteroatoms. The quantitative estimate of drug-likeness (QED) is 0.860. The third-order valence-electron chi connectivity index (χ3n) is 3.55. The molecule has 2 N–H and O–H groups in total.